The van der Waals surface area contributed by atoms with Gasteiger partial charge in [0.2, 0.25) is 5.91 Å². The van der Waals surface area contributed by atoms with Crippen LogP contribution in [0, 0.1) is 0 Å². The summed E-state index contributed by atoms with van der Waals surface area (Å²) in [6.45, 7) is 1.63. The van der Waals surface area contributed by atoms with Crippen molar-refractivity contribution >= 4 is 29.7 Å². The number of nitrogens with one attached hydrogen (secondary N) is 2. The van der Waals surface area contributed by atoms with E-state index in [0.717, 1.165) is 11.1 Å². The van der Waals surface area contributed by atoms with E-state index < -0.39 is 11.9 Å². The van der Waals surface area contributed by atoms with E-state index in [9.17, 15) is 14.4 Å². The Morgan fingerprint density at radius 1 is 0.969 bits per heavy atom. The van der Waals surface area contributed by atoms with Crippen LogP contribution in [0.5, 0.6) is 5.75 Å². The second kappa shape index (κ2) is 10.5. The van der Waals surface area contributed by atoms with Gasteiger partial charge in [-0.1, -0.05) is 18.2 Å². The van der Waals surface area contributed by atoms with Gasteiger partial charge in [-0.3, -0.25) is 9.59 Å². The topological polar surface area (TPSA) is 117 Å². The minimum atomic E-state index is -0.983. The number of anilines is 1. The number of benzene rings is 3. The number of carboxylic acids is 1. The summed E-state index contributed by atoms with van der Waals surface area (Å²) in [5.74, 6) is -0.997. The molecule has 0 atom stereocenters. The molecule has 162 valence electrons. The molecule has 0 aromatic heterocycles. The third kappa shape index (κ3) is 6.53. The van der Waals surface area contributed by atoms with Crippen molar-refractivity contribution in [3.8, 4) is 5.75 Å². The van der Waals surface area contributed by atoms with Gasteiger partial charge in [0.15, 0.2) is 0 Å². The maximum Gasteiger partial charge on any atom is 0.335 e. The lowest BCUT2D eigenvalue weighted by Crippen LogP contribution is -2.18. The molecule has 0 aliphatic carbocycles. The molecule has 0 unspecified atom stereocenters. The summed E-state index contributed by atoms with van der Waals surface area (Å²) in [6.07, 6.45) is 1.50. The number of carbonyl (C=O) groups excluding carboxylic acids is 2. The van der Waals surface area contributed by atoms with Crippen LogP contribution in [-0.2, 0) is 11.4 Å². The van der Waals surface area contributed by atoms with E-state index in [-0.39, 0.29) is 18.1 Å². The van der Waals surface area contributed by atoms with Gasteiger partial charge in [-0.05, 0) is 65.7 Å². The third-order valence-corrected chi connectivity index (χ3v) is 4.28. The molecule has 0 radical (unpaired) electrons. The fourth-order valence-electron chi connectivity index (χ4n) is 2.78. The molecule has 0 heterocycles. The van der Waals surface area contributed by atoms with E-state index in [2.05, 4.69) is 15.8 Å². The third-order valence-electron chi connectivity index (χ3n) is 4.28. The van der Waals surface area contributed by atoms with Crippen molar-refractivity contribution in [2.75, 3.05) is 5.32 Å². The first-order valence-electron chi connectivity index (χ1n) is 9.67. The average molecular weight is 431 g/mol. The predicted molar refractivity (Wildman–Crippen MR) is 120 cm³/mol. The van der Waals surface area contributed by atoms with E-state index in [4.69, 9.17) is 9.84 Å². The SMILES string of the molecule is CC(=O)Nc1cccc(C(=O)NN=Cc2ccc(OCc3cccc(C(=O)O)c3)cc2)c1. The van der Waals surface area contributed by atoms with Gasteiger partial charge >= 0.3 is 5.97 Å². The fraction of sp³-hybridized carbons (Fsp3) is 0.0833. The molecule has 0 saturated heterocycles. The molecule has 3 aromatic rings. The lowest BCUT2D eigenvalue weighted by atomic mass is 10.1. The molecule has 3 N–H and O–H groups in total. The molecule has 8 heteroatoms. The summed E-state index contributed by atoms with van der Waals surface area (Å²) in [7, 11) is 0. The van der Waals surface area contributed by atoms with E-state index in [1.807, 2.05) is 0 Å². The average Bonchev–Trinajstić information content (AvgIpc) is 2.78. The second-order valence-corrected chi connectivity index (χ2v) is 6.82. The number of carboxylic acid groups (broad SMARTS) is 1. The van der Waals surface area contributed by atoms with E-state index in [0.29, 0.717) is 17.0 Å². The zero-order valence-electron chi connectivity index (χ0n) is 17.2. The van der Waals surface area contributed by atoms with Crippen LogP contribution in [0.15, 0.2) is 77.9 Å². The van der Waals surface area contributed by atoms with E-state index in [1.54, 1.807) is 66.7 Å². The maximum absolute atomic E-state index is 12.2. The quantitative estimate of drug-likeness (QED) is 0.371. The van der Waals surface area contributed by atoms with Crippen LogP contribution in [-0.4, -0.2) is 29.1 Å². The van der Waals surface area contributed by atoms with Crippen molar-refractivity contribution in [3.05, 3.63) is 95.1 Å². The minimum absolute atomic E-state index is 0.210. The Morgan fingerprint density at radius 2 is 1.69 bits per heavy atom. The number of amides is 2. The summed E-state index contributed by atoms with van der Waals surface area (Å²) >= 11 is 0. The van der Waals surface area contributed by atoms with Gasteiger partial charge in [0.1, 0.15) is 12.4 Å². The lowest BCUT2D eigenvalue weighted by molar-refractivity contribution is -0.114. The summed E-state index contributed by atoms with van der Waals surface area (Å²) in [5.41, 5.74) is 5.04. The van der Waals surface area contributed by atoms with Crippen molar-refractivity contribution in [2.45, 2.75) is 13.5 Å². The number of aromatic carboxylic acids is 1. The van der Waals surface area contributed by atoms with Crippen LogP contribution in [0.3, 0.4) is 0 Å². The predicted octanol–water partition coefficient (Wildman–Crippen LogP) is 3.69. The molecule has 3 rings (SSSR count). The van der Waals surface area contributed by atoms with Crippen molar-refractivity contribution in [1.29, 1.82) is 0 Å². The molecular formula is C24H21N3O5. The van der Waals surface area contributed by atoms with Crippen LogP contribution in [0.4, 0.5) is 5.69 Å². The number of carbonyl (C=O) groups is 3. The first-order valence-corrected chi connectivity index (χ1v) is 9.67. The zero-order chi connectivity index (χ0) is 22.9. The lowest BCUT2D eigenvalue weighted by Gasteiger charge is -2.07. The molecule has 0 spiro atoms. The molecule has 0 aliphatic heterocycles. The Hall–Kier alpha value is -4.46. The van der Waals surface area contributed by atoms with Crippen molar-refractivity contribution in [2.24, 2.45) is 5.10 Å². The number of hydrazone groups is 1. The molecule has 2 amide bonds. The molecule has 0 aliphatic rings. The summed E-state index contributed by atoms with van der Waals surface area (Å²) in [6, 6.07) is 20.1. The Bertz CT molecular complexity index is 1160. The van der Waals surface area contributed by atoms with Crippen molar-refractivity contribution < 1.29 is 24.2 Å². The molecular weight excluding hydrogens is 410 g/mol. The minimum Gasteiger partial charge on any atom is -0.489 e. The van der Waals surface area contributed by atoms with Gasteiger partial charge in [-0.25, -0.2) is 10.2 Å². The highest BCUT2D eigenvalue weighted by molar-refractivity contribution is 5.97. The summed E-state index contributed by atoms with van der Waals surface area (Å²) < 4.78 is 5.68. The first kappa shape index (κ1) is 22.2. The number of nitrogens with zero attached hydrogens (tertiary/aromatic N) is 1. The normalized spacial score (nSPS) is 10.5. The highest BCUT2D eigenvalue weighted by Gasteiger charge is 2.06. The van der Waals surface area contributed by atoms with Crippen LogP contribution in [0.25, 0.3) is 0 Å². The maximum atomic E-state index is 12.2. The molecule has 0 bridgehead atoms. The van der Waals surface area contributed by atoms with Gasteiger partial charge in [-0.2, -0.15) is 5.10 Å². The highest BCUT2D eigenvalue weighted by atomic mass is 16.5. The first-order chi connectivity index (χ1) is 15.4. The number of hydrogen-bond donors (Lipinski definition) is 3. The largest absolute Gasteiger partial charge is 0.489 e. The number of ether oxygens (including phenoxy) is 1. The van der Waals surface area contributed by atoms with Crippen LogP contribution in [0.1, 0.15) is 38.8 Å². The molecule has 3 aromatic carbocycles. The second-order valence-electron chi connectivity index (χ2n) is 6.82. The standard InChI is InChI=1S/C24H21N3O5/c1-16(28)26-21-7-3-5-19(13-21)23(29)27-25-14-17-8-10-22(11-9-17)32-15-18-4-2-6-20(12-18)24(30)31/h2-14H,15H2,1H3,(H,26,28)(H,27,29)(H,30,31). The Balaban J connectivity index is 1.53. The summed E-state index contributed by atoms with van der Waals surface area (Å²) in [4.78, 5) is 34.4. The van der Waals surface area contributed by atoms with E-state index in [1.165, 1.54) is 19.2 Å². The smallest absolute Gasteiger partial charge is 0.335 e. The van der Waals surface area contributed by atoms with Gasteiger partial charge < -0.3 is 15.2 Å². The van der Waals surface area contributed by atoms with Crippen LogP contribution >= 0.6 is 0 Å². The molecule has 0 saturated carbocycles. The highest BCUT2D eigenvalue weighted by Crippen LogP contribution is 2.15. The monoisotopic (exact) mass is 431 g/mol. The number of hydrogen-bond acceptors (Lipinski definition) is 5. The van der Waals surface area contributed by atoms with Gasteiger partial charge in [0.05, 0.1) is 11.8 Å². The summed E-state index contributed by atoms with van der Waals surface area (Å²) in [5, 5.41) is 15.6. The molecule has 8 nitrogen and oxygen atoms in total. The van der Waals surface area contributed by atoms with Gasteiger partial charge in [0.25, 0.3) is 5.91 Å². The van der Waals surface area contributed by atoms with Crippen LogP contribution in [0.2, 0.25) is 0 Å². The number of rotatable bonds is 8. The van der Waals surface area contributed by atoms with Crippen molar-refractivity contribution in [1.82, 2.24) is 5.43 Å². The molecule has 0 fully saturated rings. The van der Waals surface area contributed by atoms with Crippen LogP contribution < -0.4 is 15.5 Å². The van der Waals surface area contributed by atoms with Gasteiger partial charge in [-0.15, -0.1) is 0 Å². The Morgan fingerprint density at radius 3 is 2.41 bits per heavy atom. The fourth-order valence-corrected chi connectivity index (χ4v) is 2.78. The van der Waals surface area contributed by atoms with Crippen molar-refractivity contribution in [3.63, 3.8) is 0 Å². The van der Waals surface area contributed by atoms with Gasteiger partial charge in [0, 0.05) is 18.2 Å². The van der Waals surface area contributed by atoms with E-state index >= 15 is 0 Å². The molecule has 32 heavy (non-hydrogen) atoms. The Kier molecular flexibility index (Phi) is 7.32. The zero-order valence-corrected chi connectivity index (χ0v) is 17.2. The Labute approximate surface area is 184 Å².